The second-order valence-corrected chi connectivity index (χ2v) is 10.8. The molecule has 3 rings (SSSR count). The number of fused-ring (bicyclic) bond motifs is 1. The summed E-state index contributed by atoms with van der Waals surface area (Å²) in [7, 11) is -0.530. The lowest BCUT2D eigenvalue weighted by Gasteiger charge is -2.32. The van der Waals surface area contributed by atoms with Gasteiger partial charge in [0.1, 0.15) is 6.61 Å². The fraction of sp³-hybridized carbons (Fsp3) is 0.583. The smallest absolute Gasteiger partial charge is 0.443 e. The van der Waals surface area contributed by atoms with Crippen LogP contribution < -0.4 is 16.2 Å². The van der Waals surface area contributed by atoms with Crippen molar-refractivity contribution in [2.45, 2.75) is 91.7 Å². The van der Waals surface area contributed by atoms with Crippen molar-refractivity contribution < 1.29 is 18.8 Å². The van der Waals surface area contributed by atoms with E-state index < -0.39 is 30.0 Å². The number of nitrogens with one attached hydrogen (secondary N) is 1. The molecular formula is C24H35BN2O5. The number of ether oxygens (including phenoxy) is 1. The third-order valence-electron chi connectivity index (χ3n) is 6.02. The van der Waals surface area contributed by atoms with Gasteiger partial charge in [-0.05, 0) is 79.9 Å². The number of hydrogen-bond acceptors (Lipinski definition) is 5. The maximum absolute atomic E-state index is 12.9. The molecule has 0 atom stereocenters. The van der Waals surface area contributed by atoms with Gasteiger partial charge in [-0.15, -0.1) is 0 Å². The minimum absolute atomic E-state index is 0.00794. The molecule has 2 aromatic rings. The number of amides is 1. The first-order valence-electron chi connectivity index (χ1n) is 11.1. The third kappa shape index (κ3) is 4.86. The highest BCUT2D eigenvalue weighted by atomic mass is 16.7. The maximum atomic E-state index is 12.9. The predicted molar refractivity (Wildman–Crippen MR) is 127 cm³/mol. The van der Waals surface area contributed by atoms with E-state index in [4.69, 9.17) is 14.0 Å². The Bertz CT molecular complexity index is 1070. The average Bonchev–Trinajstić information content (AvgIpc) is 2.85. The van der Waals surface area contributed by atoms with E-state index >= 15 is 0 Å². The Morgan fingerprint density at radius 2 is 1.72 bits per heavy atom. The van der Waals surface area contributed by atoms with Crippen LogP contribution in [0.5, 0.6) is 0 Å². The number of alkyl carbamates (subject to hydrolysis) is 1. The molecule has 7 nitrogen and oxygen atoms in total. The molecule has 2 heterocycles. The van der Waals surface area contributed by atoms with Gasteiger partial charge in [0, 0.05) is 23.0 Å². The van der Waals surface area contributed by atoms with Crippen molar-refractivity contribution in [1.82, 2.24) is 9.88 Å². The Morgan fingerprint density at radius 1 is 1.12 bits per heavy atom. The number of rotatable bonds is 4. The first-order chi connectivity index (χ1) is 14.6. The molecule has 8 heteroatoms. The van der Waals surface area contributed by atoms with Crippen molar-refractivity contribution in [1.29, 1.82) is 0 Å². The van der Waals surface area contributed by atoms with Crippen LogP contribution in [0.2, 0.25) is 0 Å². The summed E-state index contributed by atoms with van der Waals surface area (Å²) in [5.74, 6) is 0. The summed E-state index contributed by atoms with van der Waals surface area (Å²) < 4.78 is 19.8. The minimum Gasteiger partial charge on any atom is -0.443 e. The molecule has 1 N–H and O–H groups in total. The second-order valence-electron chi connectivity index (χ2n) is 10.8. The first-order valence-corrected chi connectivity index (χ1v) is 11.1. The van der Waals surface area contributed by atoms with Crippen LogP contribution in [0.15, 0.2) is 29.1 Å². The van der Waals surface area contributed by atoms with E-state index in [1.165, 1.54) is 0 Å². The van der Waals surface area contributed by atoms with Gasteiger partial charge in [0.15, 0.2) is 5.43 Å². The molecule has 32 heavy (non-hydrogen) atoms. The SMILES string of the molecule is CC(C)n1c(COC(=O)NC(C)(C)C)cc(=O)c2ccc(B3OC(C)(C)C(C)(C)O3)cc21. The van der Waals surface area contributed by atoms with E-state index in [-0.39, 0.29) is 18.1 Å². The monoisotopic (exact) mass is 442 g/mol. The second kappa shape index (κ2) is 8.23. The number of hydrogen-bond donors (Lipinski definition) is 1. The van der Waals surface area contributed by atoms with E-state index in [2.05, 4.69) is 5.32 Å². The fourth-order valence-electron chi connectivity index (χ4n) is 3.74. The Kier molecular flexibility index (Phi) is 6.26. The normalized spacial score (nSPS) is 17.8. The van der Waals surface area contributed by atoms with Crippen LogP contribution in [0.25, 0.3) is 10.9 Å². The van der Waals surface area contributed by atoms with Gasteiger partial charge in [-0.25, -0.2) is 4.79 Å². The molecule has 0 saturated carbocycles. The summed E-state index contributed by atoms with van der Waals surface area (Å²) in [6, 6.07) is 7.21. The molecule has 1 aromatic carbocycles. The van der Waals surface area contributed by atoms with Crippen LogP contribution >= 0.6 is 0 Å². The quantitative estimate of drug-likeness (QED) is 0.727. The summed E-state index contributed by atoms with van der Waals surface area (Å²) in [5.41, 5.74) is 0.791. The number of benzene rings is 1. The average molecular weight is 442 g/mol. The maximum Gasteiger partial charge on any atom is 0.494 e. The van der Waals surface area contributed by atoms with Gasteiger partial charge in [-0.1, -0.05) is 6.07 Å². The van der Waals surface area contributed by atoms with Crippen molar-refractivity contribution in [3.63, 3.8) is 0 Å². The topological polar surface area (TPSA) is 78.8 Å². The zero-order chi connectivity index (χ0) is 24.1. The number of aromatic nitrogens is 1. The molecule has 1 aliphatic rings. The van der Waals surface area contributed by atoms with Crippen LogP contribution in [0.3, 0.4) is 0 Å². The van der Waals surface area contributed by atoms with Crippen molar-refractivity contribution in [3.8, 4) is 0 Å². The van der Waals surface area contributed by atoms with Crippen LogP contribution in [-0.4, -0.2) is 34.5 Å². The summed E-state index contributed by atoms with van der Waals surface area (Å²) in [6.07, 6.45) is -0.522. The Labute approximate surface area is 190 Å². The van der Waals surface area contributed by atoms with Gasteiger partial charge in [0.25, 0.3) is 0 Å². The van der Waals surface area contributed by atoms with E-state index in [9.17, 15) is 9.59 Å². The zero-order valence-electron chi connectivity index (χ0n) is 20.7. The summed E-state index contributed by atoms with van der Waals surface area (Å²) in [4.78, 5) is 25.0. The van der Waals surface area contributed by atoms with Crippen LogP contribution in [0, 0.1) is 0 Å². The molecule has 174 valence electrons. The number of pyridine rings is 1. The van der Waals surface area contributed by atoms with E-state index in [0.29, 0.717) is 11.1 Å². The molecule has 0 bridgehead atoms. The fourth-order valence-corrected chi connectivity index (χ4v) is 3.74. The van der Waals surface area contributed by atoms with Crippen molar-refractivity contribution in [3.05, 3.63) is 40.2 Å². The van der Waals surface area contributed by atoms with E-state index in [1.54, 1.807) is 6.07 Å². The molecular weight excluding hydrogens is 407 g/mol. The molecule has 1 aliphatic heterocycles. The summed E-state index contributed by atoms with van der Waals surface area (Å²) >= 11 is 0. The van der Waals surface area contributed by atoms with Gasteiger partial charge in [0.05, 0.1) is 22.4 Å². The van der Waals surface area contributed by atoms with Crippen molar-refractivity contribution >= 4 is 29.6 Å². The van der Waals surface area contributed by atoms with Crippen LogP contribution in [0.1, 0.15) is 74.0 Å². The zero-order valence-corrected chi connectivity index (χ0v) is 20.7. The highest BCUT2D eigenvalue weighted by Gasteiger charge is 2.51. The lowest BCUT2D eigenvalue weighted by Crippen LogP contribution is -2.41. The van der Waals surface area contributed by atoms with E-state index in [0.717, 1.165) is 11.0 Å². The molecule has 1 fully saturated rings. The highest BCUT2D eigenvalue weighted by molar-refractivity contribution is 6.62. The van der Waals surface area contributed by atoms with Crippen LogP contribution in [-0.2, 0) is 20.7 Å². The molecule has 0 radical (unpaired) electrons. The van der Waals surface area contributed by atoms with Gasteiger partial charge in [-0.2, -0.15) is 0 Å². The molecule has 0 unspecified atom stereocenters. The third-order valence-corrected chi connectivity index (χ3v) is 6.02. The Balaban J connectivity index is 2.01. The van der Waals surface area contributed by atoms with Gasteiger partial charge < -0.3 is 23.9 Å². The number of carbonyl (C=O) groups is 1. The highest BCUT2D eigenvalue weighted by Crippen LogP contribution is 2.36. The largest absolute Gasteiger partial charge is 0.494 e. The molecule has 1 aromatic heterocycles. The summed E-state index contributed by atoms with van der Waals surface area (Å²) in [6.45, 7) is 17.7. The van der Waals surface area contributed by atoms with Crippen molar-refractivity contribution in [2.75, 3.05) is 0 Å². The molecule has 0 spiro atoms. The molecule has 0 aliphatic carbocycles. The lowest BCUT2D eigenvalue weighted by atomic mass is 9.78. The standard InChI is InChI=1S/C24H35BN2O5/c1-15(2)27-17(14-30-21(29)26-22(3,4)5)13-20(28)18-11-10-16(12-19(18)27)25-31-23(6,7)24(8,9)32-25/h10-13,15H,14H2,1-9H3,(H,26,29). The Morgan fingerprint density at radius 3 is 2.25 bits per heavy atom. The van der Waals surface area contributed by atoms with Gasteiger partial charge in [-0.3, -0.25) is 4.79 Å². The molecule has 1 saturated heterocycles. The van der Waals surface area contributed by atoms with Gasteiger partial charge >= 0.3 is 13.2 Å². The van der Waals surface area contributed by atoms with Crippen molar-refractivity contribution in [2.24, 2.45) is 0 Å². The minimum atomic E-state index is -0.530. The number of nitrogens with zero attached hydrogens (tertiary/aromatic N) is 1. The summed E-state index contributed by atoms with van der Waals surface area (Å²) in [5, 5.41) is 3.37. The number of carbonyl (C=O) groups excluding carboxylic acids is 1. The molecule has 1 amide bonds. The van der Waals surface area contributed by atoms with E-state index in [1.807, 2.05) is 85.1 Å². The van der Waals surface area contributed by atoms with Gasteiger partial charge in [0.2, 0.25) is 0 Å². The predicted octanol–water partition coefficient (Wildman–Crippen LogP) is 3.91. The first kappa shape index (κ1) is 24.3. The van der Waals surface area contributed by atoms with Crippen LogP contribution in [0.4, 0.5) is 4.79 Å². The lowest BCUT2D eigenvalue weighted by molar-refractivity contribution is 0.00578. The Hall–Kier alpha value is -2.32.